The lowest BCUT2D eigenvalue weighted by Gasteiger charge is -2.10. The van der Waals surface area contributed by atoms with Crippen LogP contribution in [0.1, 0.15) is 13.3 Å². The minimum atomic E-state index is 0.470. The van der Waals surface area contributed by atoms with Crippen molar-refractivity contribution in [1.82, 2.24) is 9.97 Å². The van der Waals surface area contributed by atoms with E-state index in [4.69, 9.17) is 23.2 Å². The average Bonchev–Trinajstić information content (AvgIpc) is 2.42. The Bertz CT molecular complexity index is 560. The minimum Gasteiger partial charge on any atom is -0.369 e. The topological polar surface area (TPSA) is 49.8 Å². The van der Waals surface area contributed by atoms with Crippen molar-refractivity contribution >= 4 is 40.5 Å². The molecule has 0 aliphatic carbocycles. The fraction of sp³-hybridized carbons (Fsp3) is 0.231. The van der Waals surface area contributed by atoms with Gasteiger partial charge in [0.1, 0.15) is 5.82 Å². The summed E-state index contributed by atoms with van der Waals surface area (Å²) in [6, 6.07) is 5.39. The summed E-state index contributed by atoms with van der Waals surface area (Å²) in [5.74, 6) is 1.34. The lowest BCUT2D eigenvalue weighted by Crippen LogP contribution is -2.04. The van der Waals surface area contributed by atoms with E-state index in [1.54, 1.807) is 18.5 Å². The highest BCUT2D eigenvalue weighted by Gasteiger charge is 2.05. The summed E-state index contributed by atoms with van der Waals surface area (Å²) in [5, 5.41) is 7.24. The Labute approximate surface area is 122 Å². The van der Waals surface area contributed by atoms with Gasteiger partial charge in [0.05, 0.1) is 28.1 Å². The van der Waals surface area contributed by atoms with Crippen LogP contribution in [0.2, 0.25) is 10.0 Å². The lowest BCUT2D eigenvalue weighted by atomic mass is 10.3. The molecule has 1 aromatic heterocycles. The maximum atomic E-state index is 6.11. The molecule has 19 heavy (non-hydrogen) atoms. The molecule has 0 aliphatic rings. The first kappa shape index (κ1) is 13.9. The first-order chi connectivity index (χ1) is 9.20. The van der Waals surface area contributed by atoms with Gasteiger partial charge in [0, 0.05) is 6.54 Å². The molecule has 0 fully saturated rings. The van der Waals surface area contributed by atoms with Crippen molar-refractivity contribution in [1.29, 1.82) is 0 Å². The van der Waals surface area contributed by atoms with Crippen LogP contribution in [0.4, 0.5) is 17.3 Å². The van der Waals surface area contributed by atoms with Crippen molar-refractivity contribution < 1.29 is 0 Å². The van der Waals surface area contributed by atoms with Gasteiger partial charge < -0.3 is 10.6 Å². The summed E-state index contributed by atoms with van der Waals surface area (Å²) in [6.45, 7) is 2.95. The molecule has 0 unspecified atom stereocenters. The molecule has 1 heterocycles. The number of hydrogen-bond acceptors (Lipinski definition) is 4. The standard InChI is InChI=1S/C13H14Cl2N4/c1-2-6-17-11-7-16-8-12(19-11)18-10-5-3-4-9(14)13(10)15/h3-5,7-8H,2,6H2,1H3,(H2,17,18,19). The maximum Gasteiger partial charge on any atom is 0.151 e. The molecule has 0 bridgehead atoms. The van der Waals surface area contributed by atoms with Crippen molar-refractivity contribution in [3.05, 3.63) is 40.6 Å². The predicted octanol–water partition coefficient (Wildman–Crippen LogP) is 4.35. The van der Waals surface area contributed by atoms with Gasteiger partial charge in [-0.05, 0) is 18.6 Å². The van der Waals surface area contributed by atoms with E-state index in [1.807, 2.05) is 12.1 Å². The smallest absolute Gasteiger partial charge is 0.151 e. The Morgan fingerprint density at radius 1 is 1.16 bits per heavy atom. The second-order valence-electron chi connectivity index (χ2n) is 3.94. The van der Waals surface area contributed by atoms with Crippen LogP contribution in [0.3, 0.4) is 0 Å². The molecule has 2 N–H and O–H groups in total. The van der Waals surface area contributed by atoms with Crippen LogP contribution in [-0.4, -0.2) is 16.5 Å². The minimum absolute atomic E-state index is 0.470. The zero-order valence-corrected chi connectivity index (χ0v) is 12.0. The Kier molecular flexibility index (Phi) is 4.82. The van der Waals surface area contributed by atoms with Crippen molar-refractivity contribution in [2.75, 3.05) is 17.2 Å². The third kappa shape index (κ3) is 3.72. The number of rotatable bonds is 5. The van der Waals surface area contributed by atoms with Gasteiger partial charge in [-0.1, -0.05) is 36.2 Å². The molecular formula is C13H14Cl2N4. The van der Waals surface area contributed by atoms with Gasteiger partial charge in [0.25, 0.3) is 0 Å². The molecule has 0 spiro atoms. The zero-order valence-electron chi connectivity index (χ0n) is 10.5. The van der Waals surface area contributed by atoms with Crippen molar-refractivity contribution in [2.45, 2.75) is 13.3 Å². The van der Waals surface area contributed by atoms with E-state index in [2.05, 4.69) is 27.5 Å². The molecule has 2 aromatic rings. The SMILES string of the molecule is CCCNc1cncc(Nc2cccc(Cl)c2Cl)n1. The first-order valence-corrected chi connectivity index (χ1v) is 6.73. The molecule has 1 aromatic carbocycles. The third-order valence-corrected chi connectivity index (χ3v) is 3.22. The van der Waals surface area contributed by atoms with E-state index in [0.29, 0.717) is 21.6 Å². The summed E-state index contributed by atoms with van der Waals surface area (Å²) in [4.78, 5) is 8.51. The highest BCUT2D eigenvalue weighted by molar-refractivity contribution is 6.43. The Morgan fingerprint density at radius 2 is 1.95 bits per heavy atom. The molecule has 0 saturated heterocycles. The molecule has 100 valence electrons. The number of hydrogen-bond donors (Lipinski definition) is 2. The summed E-state index contributed by atoms with van der Waals surface area (Å²) < 4.78 is 0. The molecular weight excluding hydrogens is 283 g/mol. The van der Waals surface area contributed by atoms with Crippen molar-refractivity contribution in [3.63, 3.8) is 0 Å². The maximum absolute atomic E-state index is 6.11. The lowest BCUT2D eigenvalue weighted by molar-refractivity contribution is 0.965. The van der Waals surface area contributed by atoms with Crippen LogP contribution in [-0.2, 0) is 0 Å². The Hall–Kier alpha value is -1.52. The summed E-state index contributed by atoms with van der Waals surface area (Å²) in [7, 11) is 0. The second kappa shape index (κ2) is 6.59. The van der Waals surface area contributed by atoms with Crippen molar-refractivity contribution in [3.8, 4) is 0 Å². The zero-order chi connectivity index (χ0) is 13.7. The molecule has 6 heteroatoms. The molecule has 0 atom stereocenters. The Balaban J connectivity index is 2.16. The average molecular weight is 297 g/mol. The van der Waals surface area contributed by atoms with Gasteiger partial charge in [-0.3, -0.25) is 4.98 Å². The van der Waals surface area contributed by atoms with E-state index in [1.165, 1.54) is 0 Å². The molecule has 2 rings (SSSR count). The van der Waals surface area contributed by atoms with Crippen LogP contribution >= 0.6 is 23.2 Å². The highest BCUT2D eigenvalue weighted by Crippen LogP contribution is 2.31. The van der Waals surface area contributed by atoms with Gasteiger partial charge >= 0.3 is 0 Å². The second-order valence-corrected chi connectivity index (χ2v) is 4.73. The summed E-state index contributed by atoms with van der Waals surface area (Å²) in [5.41, 5.74) is 0.705. The normalized spacial score (nSPS) is 10.3. The molecule has 0 saturated carbocycles. The van der Waals surface area contributed by atoms with Gasteiger partial charge in [-0.25, -0.2) is 4.98 Å². The van der Waals surface area contributed by atoms with Crippen LogP contribution < -0.4 is 10.6 Å². The van der Waals surface area contributed by atoms with Crippen LogP contribution in [0, 0.1) is 0 Å². The van der Waals surface area contributed by atoms with Gasteiger partial charge in [-0.2, -0.15) is 0 Å². The number of nitrogens with zero attached hydrogens (tertiary/aromatic N) is 2. The monoisotopic (exact) mass is 296 g/mol. The van der Waals surface area contributed by atoms with E-state index in [-0.39, 0.29) is 0 Å². The first-order valence-electron chi connectivity index (χ1n) is 5.97. The fourth-order valence-corrected chi connectivity index (χ4v) is 1.85. The van der Waals surface area contributed by atoms with Gasteiger partial charge in [-0.15, -0.1) is 0 Å². The third-order valence-electron chi connectivity index (χ3n) is 2.40. The number of nitrogens with one attached hydrogen (secondary N) is 2. The van der Waals surface area contributed by atoms with Gasteiger partial charge in [0.15, 0.2) is 5.82 Å². The molecule has 0 aliphatic heterocycles. The number of benzene rings is 1. The number of anilines is 3. The molecule has 0 amide bonds. The van der Waals surface area contributed by atoms with Crippen LogP contribution in [0.25, 0.3) is 0 Å². The number of halogens is 2. The van der Waals surface area contributed by atoms with E-state index >= 15 is 0 Å². The molecule has 0 radical (unpaired) electrons. The van der Waals surface area contributed by atoms with Gasteiger partial charge in [0.2, 0.25) is 0 Å². The Morgan fingerprint density at radius 3 is 2.74 bits per heavy atom. The summed E-state index contributed by atoms with van der Waals surface area (Å²) in [6.07, 6.45) is 4.34. The van der Waals surface area contributed by atoms with Crippen LogP contribution in [0.15, 0.2) is 30.6 Å². The quantitative estimate of drug-likeness (QED) is 0.861. The molecule has 4 nitrogen and oxygen atoms in total. The van der Waals surface area contributed by atoms with E-state index in [9.17, 15) is 0 Å². The van der Waals surface area contributed by atoms with E-state index in [0.717, 1.165) is 18.8 Å². The summed E-state index contributed by atoms with van der Waals surface area (Å²) >= 11 is 12.1. The van der Waals surface area contributed by atoms with E-state index < -0.39 is 0 Å². The van der Waals surface area contributed by atoms with Crippen molar-refractivity contribution in [2.24, 2.45) is 0 Å². The largest absolute Gasteiger partial charge is 0.369 e. The number of aromatic nitrogens is 2. The van der Waals surface area contributed by atoms with Crippen LogP contribution in [0.5, 0.6) is 0 Å². The highest BCUT2D eigenvalue weighted by atomic mass is 35.5. The fourth-order valence-electron chi connectivity index (χ4n) is 1.50. The predicted molar refractivity (Wildman–Crippen MR) is 80.6 cm³/mol.